The van der Waals surface area contributed by atoms with Crippen molar-refractivity contribution in [2.24, 2.45) is 5.73 Å². The fourth-order valence-corrected chi connectivity index (χ4v) is 2.69. The van der Waals surface area contributed by atoms with Crippen LogP contribution in [0.25, 0.3) is 0 Å². The molecule has 0 atom stereocenters. The van der Waals surface area contributed by atoms with Gasteiger partial charge in [-0.25, -0.2) is 8.42 Å². The van der Waals surface area contributed by atoms with Crippen LogP contribution in [0.15, 0.2) is 24.3 Å². The van der Waals surface area contributed by atoms with Gasteiger partial charge in [0.1, 0.15) is 0 Å². The second-order valence-corrected chi connectivity index (χ2v) is 7.49. The number of benzene rings is 1. The quantitative estimate of drug-likeness (QED) is 0.753. The van der Waals surface area contributed by atoms with Crippen LogP contribution >= 0.6 is 0 Å². The van der Waals surface area contributed by atoms with Crippen LogP contribution in [0.3, 0.4) is 0 Å². The van der Waals surface area contributed by atoms with Crippen molar-refractivity contribution >= 4 is 15.7 Å². The predicted molar refractivity (Wildman–Crippen MR) is 84.9 cm³/mol. The number of sulfone groups is 1. The molecular weight excluding hydrogens is 326 g/mol. The van der Waals surface area contributed by atoms with Gasteiger partial charge < -0.3 is 11.1 Å². The fourth-order valence-electron chi connectivity index (χ4n) is 1.91. The maximum atomic E-state index is 12.3. The minimum Gasteiger partial charge on any atom is -0.350 e. The predicted octanol–water partition coefficient (Wildman–Crippen LogP) is 2.07. The smallest absolute Gasteiger partial charge is 0.337 e. The van der Waals surface area contributed by atoms with Crippen LogP contribution in [-0.2, 0) is 15.6 Å². The van der Waals surface area contributed by atoms with Gasteiger partial charge in [0.25, 0.3) is 5.91 Å². The summed E-state index contributed by atoms with van der Waals surface area (Å²) in [5.74, 6) is -4.51. The summed E-state index contributed by atoms with van der Waals surface area (Å²) in [6, 6.07) is 5.51. The van der Waals surface area contributed by atoms with Gasteiger partial charge in [-0.1, -0.05) is 26.0 Å². The van der Waals surface area contributed by atoms with Crippen molar-refractivity contribution in [3.63, 3.8) is 0 Å². The Bertz CT molecular complexity index is 627. The lowest BCUT2D eigenvalue weighted by Crippen LogP contribution is -2.49. The molecule has 130 valence electrons. The molecule has 1 rings (SSSR count). The third-order valence-corrected chi connectivity index (χ3v) is 5.14. The number of nitrogens with one attached hydrogen (secondary N) is 1. The Morgan fingerprint density at radius 3 is 2.17 bits per heavy atom. The van der Waals surface area contributed by atoms with E-state index < -0.39 is 26.9 Å². The average molecular weight is 348 g/mol. The van der Waals surface area contributed by atoms with Gasteiger partial charge in [0.2, 0.25) is 9.84 Å². The SMILES string of the molecule is CCC(N)(CC)CNC(=O)c1ccc(CS(=O)(=O)C(F)F)cc1. The summed E-state index contributed by atoms with van der Waals surface area (Å²) in [5.41, 5.74) is 6.14. The molecule has 23 heavy (non-hydrogen) atoms. The van der Waals surface area contributed by atoms with Crippen LogP contribution < -0.4 is 11.1 Å². The van der Waals surface area contributed by atoms with E-state index in [0.717, 1.165) is 0 Å². The van der Waals surface area contributed by atoms with Gasteiger partial charge in [-0.15, -0.1) is 0 Å². The van der Waals surface area contributed by atoms with Crippen molar-refractivity contribution in [1.29, 1.82) is 0 Å². The Labute approximate surface area is 135 Å². The van der Waals surface area contributed by atoms with Crippen molar-refractivity contribution in [2.75, 3.05) is 6.54 Å². The Morgan fingerprint density at radius 1 is 1.22 bits per heavy atom. The van der Waals surface area contributed by atoms with Crippen molar-refractivity contribution in [2.45, 2.75) is 43.7 Å². The number of carbonyl (C=O) groups excluding carboxylic acids is 1. The maximum Gasteiger partial charge on any atom is 0.337 e. The lowest BCUT2D eigenvalue weighted by molar-refractivity contribution is 0.0942. The molecule has 5 nitrogen and oxygen atoms in total. The molecule has 0 fully saturated rings. The van der Waals surface area contributed by atoms with E-state index in [0.29, 0.717) is 24.9 Å². The molecule has 0 saturated carbocycles. The zero-order valence-corrected chi connectivity index (χ0v) is 14.0. The van der Waals surface area contributed by atoms with Crippen LogP contribution in [0, 0.1) is 0 Å². The molecule has 0 spiro atoms. The summed E-state index contributed by atoms with van der Waals surface area (Å²) in [5, 5.41) is 2.73. The summed E-state index contributed by atoms with van der Waals surface area (Å²) in [6.45, 7) is 4.20. The maximum absolute atomic E-state index is 12.3. The van der Waals surface area contributed by atoms with Crippen molar-refractivity contribution in [1.82, 2.24) is 5.32 Å². The second kappa shape index (κ2) is 7.83. The standard InChI is InChI=1S/C15H22F2N2O3S/c1-3-15(18,4-2)10-19-13(20)12-7-5-11(6-8-12)9-23(21,22)14(16)17/h5-8,14H,3-4,9-10,18H2,1-2H3,(H,19,20). The third-order valence-electron chi connectivity index (χ3n) is 3.86. The molecule has 1 aromatic rings. The third kappa shape index (κ3) is 5.54. The first kappa shape index (κ1) is 19.5. The van der Waals surface area contributed by atoms with Gasteiger partial charge in [-0.2, -0.15) is 8.78 Å². The van der Waals surface area contributed by atoms with E-state index in [4.69, 9.17) is 5.73 Å². The average Bonchev–Trinajstić information content (AvgIpc) is 2.52. The van der Waals surface area contributed by atoms with E-state index in [-0.39, 0.29) is 11.5 Å². The number of hydrogen-bond donors (Lipinski definition) is 2. The van der Waals surface area contributed by atoms with Gasteiger partial charge in [0.05, 0.1) is 5.75 Å². The highest BCUT2D eigenvalue weighted by Crippen LogP contribution is 2.15. The lowest BCUT2D eigenvalue weighted by atomic mass is 9.94. The molecule has 0 heterocycles. The van der Waals surface area contributed by atoms with E-state index in [1.165, 1.54) is 24.3 Å². The first-order chi connectivity index (χ1) is 10.6. The lowest BCUT2D eigenvalue weighted by Gasteiger charge is -2.26. The summed E-state index contributed by atoms with van der Waals surface area (Å²) in [7, 11) is -4.47. The van der Waals surface area contributed by atoms with Crippen LogP contribution in [0.1, 0.15) is 42.6 Å². The largest absolute Gasteiger partial charge is 0.350 e. The molecule has 0 radical (unpaired) electrons. The molecule has 0 aliphatic heterocycles. The van der Waals surface area contributed by atoms with E-state index in [9.17, 15) is 22.0 Å². The molecule has 0 saturated heterocycles. The zero-order valence-electron chi connectivity index (χ0n) is 13.2. The number of alkyl halides is 2. The van der Waals surface area contributed by atoms with Crippen LogP contribution in [0.4, 0.5) is 8.78 Å². The first-order valence-electron chi connectivity index (χ1n) is 7.29. The monoisotopic (exact) mass is 348 g/mol. The Kier molecular flexibility index (Phi) is 6.64. The summed E-state index contributed by atoms with van der Waals surface area (Å²) >= 11 is 0. The minimum atomic E-state index is -4.47. The molecule has 1 aromatic carbocycles. The summed E-state index contributed by atoms with van der Waals surface area (Å²) in [4.78, 5) is 12.0. The van der Waals surface area contributed by atoms with E-state index in [2.05, 4.69) is 5.32 Å². The van der Waals surface area contributed by atoms with Crippen molar-refractivity contribution in [3.05, 3.63) is 35.4 Å². The number of nitrogens with two attached hydrogens (primary N) is 1. The highest BCUT2D eigenvalue weighted by atomic mass is 32.2. The van der Waals surface area contributed by atoms with Gasteiger partial charge in [0, 0.05) is 17.6 Å². The second-order valence-electron chi connectivity index (χ2n) is 5.52. The molecule has 0 bridgehead atoms. The van der Waals surface area contributed by atoms with E-state index in [1.807, 2.05) is 13.8 Å². The number of amides is 1. The van der Waals surface area contributed by atoms with Gasteiger partial charge in [0.15, 0.2) is 0 Å². The molecule has 1 amide bonds. The molecule has 0 aliphatic rings. The van der Waals surface area contributed by atoms with Crippen molar-refractivity contribution in [3.8, 4) is 0 Å². The number of carbonyl (C=O) groups is 1. The van der Waals surface area contributed by atoms with Crippen molar-refractivity contribution < 1.29 is 22.0 Å². The van der Waals surface area contributed by atoms with E-state index >= 15 is 0 Å². The van der Waals surface area contributed by atoms with Gasteiger partial charge >= 0.3 is 5.76 Å². The number of rotatable bonds is 8. The van der Waals surface area contributed by atoms with E-state index in [1.54, 1.807) is 0 Å². The molecule has 0 aliphatic carbocycles. The molecule has 8 heteroatoms. The normalized spacial score (nSPS) is 12.4. The number of halogens is 2. The zero-order chi connectivity index (χ0) is 17.7. The summed E-state index contributed by atoms with van der Waals surface area (Å²) in [6.07, 6.45) is 1.43. The fraction of sp³-hybridized carbons (Fsp3) is 0.533. The molecule has 0 unspecified atom stereocenters. The Morgan fingerprint density at radius 2 is 1.74 bits per heavy atom. The molecule has 3 N–H and O–H groups in total. The highest BCUT2D eigenvalue weighted by molar-refractivity contribution is 7.90. The Hall–Kier alpha value is -1.54. The van der Waals surface area contributed by atoms with Gasteiger partial charge in [-0.3, -0.25) is 4.79 Å². The molecular formula is C15H22F2N2O3S. The van der Waals surface area contributed by atoms with Gasteiger partial charge in [-0.05, 0) is 30.5 Å². The highest BCUT2D eigenvalue weighted by Gasteiger charge is 2.24. The number of hydrogen-bond acceptors (Lipinski definition) is 4. The van der Waals surface area contributed by atoms with Crippen LogP contribution in [-0.4, -0.2) is 32.2 Å². The Balaban J connectivity index is 2.72. The first-order valence-corrected chi connectivity index (χ1v) is 9.01. The minimum absolute atomic E-state index is 0.206. The molecule has 0 aromatic heterocycles. The topological polar surface area (TPSA) is 89.3 Å². The van der Waals surface area contributed by atoms with Crippen LogP contribution in [0.2, 0.25) is 0 Å². The summed E-state index contributed by atoms with van der Waals surface area (Å²) < 4.78 is 47.0. The van der Waals surface area contributed by atoms with Crippen LogP contribution in [0.5, 0.6) is 0 Å².